The predicted octanol–water partition coefficient (Wildman–Crippen LogP) is 3.99. The van der Waals surface area contributed by atoms with E-state index in [2.05, 4.69) is 10.3 Å². The van der Waals surface area contributed by atoms with Gasteiger partial charge in [0, 0.05) is 13.1 Å². The van der Waals surface area contributed by atoms with Crippen LogP contribution < -0.4 is 10.9 Å². The largest absolute Gasteiger partial charge is 0.351 e. The highest BCUT2D eigenvalue weighted by atomic mass is 32.2. The quantitative estimate of drug-likeness (QED) is 0.470. The number of thioether (sulfide) groups is 1. The average Bonchev–Trinajstić information content (AvgIpc) is 2.70. The van der Waals surface area contributed by atoms with E-state index in [4.69, 9.17) is 0 Å². The Bertz CT molecular complexity index is 1060. The first-order chi connectivity index (χ1) is 13.8. The lowest BCUT2D eigenvalue weighted by Gasteiger charge is -2.17. The smallest absolute Gasteiger partial charge is 0.262 e. The molecule has 3 rings (SSSR count). The van der Waals surface area contributed by atoms with Gasteiger partial charge >= 0.3 is 0 Å². The topological polar surface area (TPSA) is 64.0 Å². The van der Waals surface area contributed by atoms with E-state index in [0.29, 0.717) is 29.1 Å². The van der Waals surface area contributed by atoms with Crippen molar-refractivity contribution in [3.05, 3.63) is 70.3 Å². The minimum Gasteiger partial charge on any atom is -0.351 e. The number of hydrogen-bond acceptors (Lipinski definition) is 4. The van der Waals surface area contributed by atoms with Crippen LogP contribution in [0.25, 0.3) is 10.9 Å². The van der Waals surface area contributed by atoms with Gasteiger partial charge in [-0.05, 0) is 42.7 Å². The van der Waals surface area contributed by atoms with Crippen LogP contribution in [0.5, 0.6) is 0 Å². The molecule has 1 N–H and O–H groups in total. The molecule has 0 radical (unpaired) electrons. The lowest BCUT2D eigenvalue weighted by Crippen LogP contribution is -2.32. The van der Waals surface area contributed by atoms with Crippen molar-refractivity contribution in [3.63, 3.8) is 0 Å². The third-order valence-electron chi connectivity index (χ3n) is 4.41. The maximum absolute atomic E-state index is 13.0. The monoisotopic (exact) mass is 413 g/mol. The molecule has 1 atom stereocenters. The zero-order valence-electron chi connectivity index (χ0n) is 16.7. The van der Waals surface area contributed by atoms with Crippen molar-refractivity contribution in [3.8, 4) is 0 Å². The standard InChI is InChI=1S/C22H24FN3O2S/c1-14(2)13-26-21(28)18-6-4-5-7-19(18)25-22(26)29-15(3)20(27)24-12-16-8-10-17(23)11-9-16/h4-11,14-15H,12-13H2,1-3H3,(H,24,27)/t15-/m1/s1. The molecule has 7 heteroatoms. The maximum atomic E-state index is 13.0. The molecule has 0 fully saturated rings. The van der Waals surface area contributed by atoms with Gasteiger partial charge in [-0.2, -0.15) is 0 Å². The van der Waals surface area contributed by atoms with Crippen molar-refractivity contribution >= 4 is 28.6 Å². The number of carbonyl (C=O) groups is 1. The molecule has 0 saturated carbocycles. The van der Waals surface area contributed by atoms with E-state index >= 15 is 0 Å². The molecule has 2 aromatic carbocycles. The van der Waals surface area contributed by atoms with Gasteiger partial charge in [0.2, 0.25) is 5.91 Å². The highest BCUT2D eigenvalue weighted by molar-refractivity contribution is 8.00. The van der Waals surface area contributed by atoms with Crippen LogP contribution in [-0.2, 0) is 17.9 Å². The molecule has 5 nitrogen and oxygen atoms in total. The molecule has 0 unspecified atom stereocenters. The molecule has 3 aromatic rings. The van der Waals surface area contributed by atoms with E-state index in [1.54, 1.807) is 35.8 Å². The highest BCUT2D eigenvalue weighted by Crippen LogP contribution is 2.23. The fraction of sp³-hybridized carbons (Fsp3) is 0.318. The molecule has 1 amide bonds. The molecule has 0 saturated heterocycles. The first-order valence-electron chi connectivity index (χ1n) is 9.53. The van der Waals surface area contributed by atoms with Crippen LogP contribution in [0.4, 0.5) is 4.39 Å². The van der Waals surface area contributed by atoms with Gasteiger partial charge in [0.15, 0.2) is 5.16 Å². The predicted molar refractivity (Wildman–Crippen MR) is 114 cm³/mol. The fourth-order valence-electron chi connectivity index (χ4n) is 2.91. The van der Waals surface area contributed by atoms with Crippen molar-refractivity contribution in [2.45, 2.75) is 44.3 Å². The summed E-state index contributed by atoms with van der Waals surface area (Å²) in [5.74, 6) is -0.218. The zero-order chi connectivity index (χ0) is 21.0. The third-order valence-corrected chi connectivity index (χ3v) is 5.50. The molecule has 0 aliphatic rings. The van der Waals surface area contributed by atoms with E-state index in [0.717, 1.165) is 5.56 Å². The van der Waals surface area contributed by atoms with Crippen LogP contribution in [-0.4, -0.2) is 20.7 Å². The van der Waals surface area contributed by atoms with E-state index in [1.807, 2.05) is 26.0 Å². The second-order valence-corrected chi connectivity index (χ2v) is 8.63. The number of nitrogens with one attached hydrogen (secondary N) is 1. The second-order valence-electron chi connectivity index (χ2n) is 7.33. The molecular formula is C22H24FN3O2S. The summed E-state index contributed by atoms with van der Waals surface area (Å²) < 4.78 is 14.7. The van der Waals surface area contributed by atoms with Gasteiger partial charge in [0.1, 0.15) is 5.82 Å². The molecule has 152 valence electrons. The molecule has 1 heterocycles. The number of fused-ring (bicyclic) bond motifs is 1. The van der Waals surface area contributed by atoms with Crippen LogP contribution in [0.15, 0.2) is 58.5 Å². The number of aromatic nitrogens is 2. The first kappa shape index (κ1) is 21.0. The lowest BCUT2D eigenvalue weighted by atomic mass is 10.2. The van der Waals surface area contributed by atoms with Gasteiger partial charge in [0.25, 0.3) is 5.56 Å². The van der Waals surface area contributed by atoms with Gasteiger partial charge in [-0.3, -0.25) is 14.2 Å². The van der Waals surface area contributed by atoms with E-state index in [9.17, 15) is 14.0 Å². The molecule has 0 spiro atoms. The summed E-state index contributed by atoms with van der Waals surface area (Å²) >= 11 is 1.27. The van der Waals surface area contributed by atoms with Crippen LogP contribution >= 0.6 is 11.8 Å². The Morgan fingerprint density at radius 1 is 1.14 bits per heavy atom. The van der Waals surface area contributed by atoms with Crippen molar-refractivity contribution < 1.29 is 9.18 Å². The van der Waals surface area contributed by atoms with Crippen molar-refractivity contribution in [2.24, 2.45) is 5.92 Å². The Morgan fingerprint density at radius 2 is 1.83 bits per heavy atom. The minimum atomic E-state index is -0.443. The summed E-state index contributed by atoms with van der Waals surface area (Å²) in [7, 11) is 0. The summed E-state index contributed by atoms with van der Waals surface area (Å²) in [6.07, 6.45) is 0. The second kappa shape index (κ2) is 9.22. The first-order valence-corrected chi connectivity index (χ1v) is 10.4. The maximum Gasteiger partial charge on any atom is 0.262 e. The Labute approximate surface area is 173 Å². The zero-order valence-corrected chi connectivity index (χ0v) is 17.5. The third kappa shape index (κ3) is 5.23. The van der Waals surface area contributed by atoms with Gasteiger partial charge in [0.05, 0.1) is 16.2 Å². The Kier molecular flexibility index (Phi) is 6.69. The minimum absolute atomic E-state index is 0.0919. The lowest BCUT2D eigenvalue weighted by molar-refractivity contribution is -0.120. The number of nitrogens with zero attached hydrogens (tertiary/aromatic N) is 2. The molecule has 0 aliphatic heterocycles. The number of para-hydroxylation sites is 1. The summed E-state index contributed by atoms with van der Waals surface area (Å²) in [5, 5.41) is 3.52. The Hall–Kier alpha value is -2.67. The van der Waals surface area contributed by atoms with E-state index < -0.39 is 5.25 Å². The summed E-state index contributed by atoms with van der Waals surface area (Å²) in [4.78, 5) is 30.1. The molecule has 29 heavy (non-hydrogen) atoms. The number of carbonyl (C=O) groups excluding carboxylic acids is 1. The molecular weight excluding hydrogens is 389 g/mol. The SMILES string of the molecule is CC(C)Cn1c(S[C@H](C)C(=O)NCc2ccc(F)cc2)nc2ccccc2c1=O. The number of benzene rings is 2. The number of rotatable bonds is 7. The van der Waals surface area contributed by atoms with E-state index in [1.165, 1.54) is 23.9 Å². The summed E-state index contributed by atoms with van der Waals surface area (Å²) in [6.45, 7) is 6.70. The van der Waals surface area contributed by atoms with Crippen molar-refractivity contribution in [1.82, 2.24) is 14.9 Å². The van der Waals surface area contributed by atoms with Crippen LogP contribution in [0.2, 0.25) is 0 Å². The number of halogens is 1. The number of hydrogen-bond donors (Lipinski definition) is 1. The number of amides is 1. The fourth-order valence-corrected chi connectivity index (χ4v) is 3.85. The van der Waals surface area contributed by atoms with Crippen LogP contribution in [0.1, 0.15) is 26.3 Å². The van der Waals surface area contributed by atoms with Crippen molar-refractivity contribution in [2.75, 3.05) is 0 Å². The molecule has 1 aromatic heterocycles. The summed E-state index contributed by atoms with van der Waals surface area (Å²) in [5.41, 5.74) is 1.35. The van der Waals surface area contributed by atoms with Gasteiger partial charge < -0.3 is 5.32 Å². The van der Waals surface area contributed by atoms with Gasteiger partial charge in [-0.1, -0.05) is 49.9 Å². The highest BCUT2D eigenvalue weighted by Gasteiger charge is 2.19. The van der Waals surface area contributed by atoms with Crippen LogP contribution in [0, 0.1) is 11.7 Å². The van der Waals surface area contributed by atoms with Crippen molar-refractivity contribution in [1.29, 1.82) is 0 Å². The normalized spacial score (nSPS) is 12.3. The Balaban J connectivity index is 1.79. The van der Waals surface area contributed by atoms with Gasteiger partial charge in [-0.15, -0.1) is 0 Å². The van der Waals surface area contributed by atoms with Crippen LogP contribution in [0.3, 0.4) is 0 Å². The Morgan fingerprint density at radius 3 is 2.52 bits per heavy atom. The molecule has 0 aliphatic carbocycles. The average molecular weight is 414 g/mol. The van der Waals surface area contributed by atoms with E-state index in [-0.39, 0.29) is 23.2 Å². The molecule has 0 bridgehead atoms. The summed E-state index contributed by atoms with van der Waals surface area (Å²) in [6, 6.07) is 13.2. The van der Waals surface area contributed by atoms with Gasteiger partial charge in [-0.25, -0.2) is 9.37 Å².